The lowest BCUT2D eigenvalue weighted by molar-refractivity contribution is 0.609. The number of nitrogens with one attached hydrogen (secondary N) is 1. The molecule has 1 aromatic heterocycles. The number of furan rings is 1. The molecule has 0 aliphatic carbocycles. The van der Waals surface area contributed by atoms with E-state index < -0.39 is 0 Å². The molecule has 2 rings (SSSR count). The number of hydrogen-bond donors (Lipinski definition) is 1. The number of benzene rings is 1. The molecule has 0 aliphatic rings. The Labute approximate surface area is 98.2 Å². The van der Waals surface area contributed by atoms with Gasteiger partial charge >= 0.3 is 0 Å². The predicted molar refractivity (Wildman–Crippen MR) is 63.9 cm³/mol. The quantitative estimate of drug-likeness (QED) is 0.893. The Balaban J connectivity index is 2.49. The summed E-state index contributed by atoms with van der Waals surface area (Å²) in [5.74, 6) is 0. The largest absolute Gasteiger partial charge is 0.462 e. The maximum atomic E-state index is 6.02. The number of fused-ring (bicyclic) bond motifs is 1. The standard InChI is InChI=1S/C11H11Cl2NO/c1-14-3-2-7-6-15-11-9(7)4-8(12)5-10(11)13/h4-6,14H,2-3H2,1H3. The van der Waals surface area contributed by atoms with Gasteiger partial charge in [0, 0.05) is 10.4 Å². The van der Waals surface area contributed by atoms with Crippen LogP contribution >= 0.6 is 23.2 Å². The highest BCUT2D eigenvalue weighted by Gasteiger charge is 2.09. The molecule has 0 amide bonds. The van der Waals surface area contributed by atoms with Crippen molar-refractivity contribution in [1.82, 2.24) is 5.32 Å². The maximum Gasteiger partial charge on any atom is 0.152 e. The van der Waals surface area contributed by atoms with Gasteiger partial charge in [-0.15, -0.1) is 0 Å². The van der Waals surface area contributed by atoms with E-state index in [0.29, 0.717) is 15.6 Å². The van der Waals surface area contributed by atoms with Crippen LogP contribution in [0.1, 0.15) is 5.56 Å². The molecule has 0 saturated heterocycles. The molecule has 0 bridgehead atoms. The van der Waals surface area contributed by atoms with E-state index in [1.807, 2.05) is 13.1 Å². The molecule has 1 heterocycles. The molecule has 0 radical (unpaired) electrons. The molecule has 2 aromatic rings. The van der Waals surface area contributed by atoms with Gasteiger partial charge in [-0.2, -0.15) is 0 Å². The van der Waals surface area contributed by atoms with Crippen LogP contribution in [0.4, 0.5) is 0 Å². The molecule has 15 heavy (non-hydrogen) atoms. The van der Waals surface area contributed by atoms with E-state index in [9.17, 15) is 0 Å². The Morgan fingerprint density at radius 3 is 2.87 bits per heavy atom. The van der Waals surface area contributed by atoms with Crippen LogP contribution in [0.25, 0.3) is 11.0 Å². The van der Waals surface area contributed by atoms with Crippen molar-refractivity contribution in [3.05, 3.63) is 34.0 Å². The average Bonchev–Trinajstić information content (AvgIpc) is 2.58. The summed E-state index contributed by atoms with van der Waals surface area (Å²) >= 11 is 12.0. The molecule has 0 saturated carbocycles. The monoisotopic (exact) mass is 243 g/mol. The summed E-state index contributed by atoms with van der Waals surface area (Å²) in [5.41, 5.74) is 1.84. The van der Waals surface area contributed by atoms with Gasteiger partial charge in [-0.05, 0) is 37.7 Å². The lowest BCUT2D eigenvalue weighted by Crippen LogP contribution is -2.09. The van der Waals surface area contributed by atoms with Crippen LogP contribution in [0.5, 0.6) is 0 Å². The molecule has 1 N–H and O–H groups in total. The third-order valence-corrected chi connectivity index (χ3v) is 2.82. The van der Waals surface area contributed by atoms with Crippen molar-refractivity contribution >= 4 is 34.2 Å². The van der Waals surface area contributed by atoms with E-state index in [4.69, 9.17) is 27.6 Å². The molecule has 0 aliphatic heterocycles. The van der Waals surface area contributed by atoms with Crippen LogP contribution in [0.2, 0.25) is 10.0 Å². The molecular weight excluding hydrogens is 233 g/mol. The van der Waals surface area contributed by atoms with Gasteiger partial charge in [0.15, 0.2) is 5.58 Å². The Bertz CT molecular complexity index is 479. The van der Waals surface area contributed by atoms with E-state index in [1.165, 1.54) is 0 Å². The molecular formula is C11H11Cl2NO. The first-order valence-electron chi connectivity index (χ1n) is 4.72. The number of rotatable bonds is 3. The van der Waals surface area contributed by atoms with Crippen molar-refractivity contribution < 1.29 is 4.42 Å². The van der Waals surface area contributed by atoms with Gasteiger partial charge in [-0.1, -0.05) is 23.2 Å². The fourth-order valence-corrected chi connectivity index (χ4v) is 2.10. The smallest absolute Gasteiger partial charge is 0.152 e. The van der Waals surface area contributed by atoms with Crippen LogP contribution in [0, 0.1) is 0 Å². The summed E-state index contributed by atoms with van der Waals surface area (Å²) in [5, 5.41) is 5.30. The van der Waals surface area contributed by atoms with Crippen molar-refractivity contribution in [2.45, 2.75) is 6.42 Å². The molecule has 4 heteroatoms. The summed E-state index contributed by atoms with van der Waals surface area (Å²) in [6.07, 6.45) is 2.64. The maximum absolute atomic E-state index is 6.02. The van der Waals surface area contributed by atoms with Gasteiger partial charge in [0.05, 0.1) is 11.3 Å². The van der Waals surface area contributed by atoms with Crippen LogP contribution in [-0.2, 0) is 6.42 Å². The fourth-order valence-electron chi connectivity index (χ4n) is 1.57. The first kappa shape index (κ1) is 10.8. The Morgan fingerprint density at radius 2 is 2.13 bits per heavy atom. The highest BCUT2D eigenvalue weighted by molar-refractivity contribution is 6.38. The van der Waals surface area contributed by atoms with E-state index in [-0.39, 0.29) is 0 Å². The van der Waals surface area contributed by atoms with Gasteiger partial charge in [0.1, 0.15) is 0 Å². The first-order valence-corrected chi connectivity index (χ1v) is 5.47. The van der Waals surface area contributed by atoms with Crippen LogP contribution in [-0.4, -0.2) is 13.6 Å². The highest BCUT2D eigenvalue weighted by Crippen LogP contribution is 2.31. The minimum absolute atomic E-state index is 0.563. The normalized spacial score (nSPS) is 11.1. The fraction of sp³-hybridized carbons (Fsp3) is 0.273. The van der Waals surface area contributed by atoms with Crippen molar-refractivity contribution in [1.29, 1.82) is 0 Å². The van der Waals surface area contributed by atoms with Gasteiger partial charge in [-0.3, -0.25) is 0 Å². The van der Waals surface area contributed by atoms with Gasteiger partial charge in [-0.25, -0.2) is 0 Å². The lowest BCUT2D eigenvalue weighted by atomic mass is 10.1. The summed E-state index contributed by atoms with van der Waals surface area (Å²) in [4.78, 5) is 0. The van der Waals surface area contributed by atoms with Gasteiger partial charge < -0.3 is 9.73 Å². The lowest BCUT2D eigenvalue weighted by Gasteiger charge is -1.98. The second-order valence-electron chi connectivity index (χ2n) is 3.38. The van der Waals surface area contributed by atoms with Crippen LogP contribution < -0.4 is 5.32 Å². The molecule has 0 fully saturated rings. The third kappa shape index (κ3) is 2.12. The van der Waals surface area contributed by atoms with Crippen LogP contribution in [0.15, 0.2) is 22.8 Å². The summed E-state index contributed by atoms with van der Waals surface area (Å²) in [7, 11) is 1.92. The predicted octanol–water partition coefficient (Wildman–Crippen LogP) is 3.50. The Kier molecular flexibility index (Phi) is 3.19. The zero-order chi connectivity index (χ0) is 10.8. The Morgan fingerprint density at radius 1 is 1.33 bits per heavy atom. The van der Waals surface area contributed by atoms with E-state index in [0.717, 1.165) is 23.9 Å². The number of hydrogen-bond acceptors (Lipinski definition) is 2. The van der Waals surface area contributed by atoms with Crippen molar-refractivity contribution in [3.8, 4) is 0 Å². The number of halogens is 2. The Hall–Kier alpha value is -0.700. The zero-order valence-electron chi connectivity index (χ0n) is 8.31. The average molecular weight is 244 g/mol. The van der Waals surface area contributed by atoms with Gasteiger partial charge in [0.2, 0.25) is 0 Å². The van der Waals surface area contributed by atoms with E-state index in [2.05, 4.69) is 5.32 Å². The summed E-state index contributed by atoms with van der Waals surface area (Å²) in [6.45, 7) is 0.902. The first-order chi connectivity index (χ1) is 7.22. The van der Waals surface area contributed by atoms with E-state index in [1.54, 1.807) is 12.3 Å². The third-order valence-electron chi connectivity index (χ3n) is 2.32. The molecule has 0 unspecified atom stereocenters. The minimum Gasteiger partial charge on any atom is -0.462 e. The molecule has 80 valence electrons. The van der Waals surface area contributed by atoms with Crippen molar-refractivity contribution in [3.63, 3.8) is 0 Å². The molecule has 1 aromatic carbocycles. The minimum atomic E-state index is 0.563. The van der Waals surface area contributed by atoms with E-state index >= 15 is 0 Å². The topological polar surface area (TPSA) is 25.2 Å². The summed E-state index contributed by atoms with van der Waals surface area (Å²) < 4.78 is 5.41. The second kappa shape index (κ2) is 4.44. The zero-order valence-corrected chi connectivity index (χ0v) is 9.82. The highest BCUT2D eigenvalue weighted by atomic mass is 35.5. The van der Waals surface area contributed by atoms with Crippen LogP contribution in [0.3, 0.4) is 0 Å². The molecule has 0 spiro atoms. The van der Waals surface area contributed by atoms with Gasteiger partial charge in [0.25, 0.3) is 0 Å². The van der Waals surface area contributed by atoms with Crippen molar-refractivity contribution in [2.24, 2.45) is 0 Å². The summed E-state index contributed by atoms with van der Waals surface area (Å²) in [6, 6.07) is 3.58. The van der Waals surface area contributed by atoms with Crippen molar-refractivity contribution in [2.75, 3.05) is 13.6 Å². The molecule has 0 atom stereocenters. The SMILES string of the molecule is CNCCc1coc2c(Cl)cc(Cl)cc12. The molecule has 2 nitrogen and oxygen atoms in total. The number of likely N-dealkylation sites (N-methyl/N-ethyl adjacent to an activating group) is 1. The second-order valence-corrected chi connectivity index (χ2v) is 4.22.